The van der Waals surface area contributed by atoms with Gasteiger partial charge in [0.15, 0.2) is 0 Å². The maximum absolute atomic E-state index is 10.9. The molecule has 1 aliphatic carbocycles. The summed E-state index contributed by atoms with van der Waals surface area (Å²) in [5.41, 5.74) is 6.37. The fraction of sp³-hybridized carbons (Fsp3) is 0.700. The number of hydrogen-bond acceptors (Lipinski definition) is 2. The molecule has 0 aromatic heterocycles. The van der Waals surface area contributed by atoms with Crippen LogP contribution in [0.5, 0.6) is 0 Å². The summed E-state index contributed by atoms with van der Waals surface area (Å²) in [5, 5.41) is 2.96. The predicted molar refractivity (Wildman–Crippen MR) is 52.9 cm³/mol. The van der Waals surface area contributed by atoms with Gasteiger partial charge in [-0.1, -0.05) is 6.08 Å². The van der Waals surface area contributed by atoms with Gasteiger partial charge in [0, 0.05) is 18.7 Å². The van der Waals surface area contributed by atoms with Crippen molar-refractivity contribution in [1.82, 2.24) is 5.32 Å². The Morgan fingerprint density at radius 2 is 2.23 bits per heavy atom. The molecule has 1 unspecified atom stereocenters. The van der Waals surface area contributed by atoms with E-state index in [1.54, 1.807) is 6.92 Å². The number of carbonyl (C=O) groups is 1. The maximum Gasteiger partial charge on any atom is 0.217 e. The summed E-state index contributed by atoms with van der Waals surface area (Å²) in [5.74, 6) is 0.736. The zero-order valence-corrected chi connectivity index (χ0v) is 8.34. The molecule has 74 valence electrons. The van der Waals surface area contributed by atoms with E-state index in [0.717, 1.165) is 12.1 Å². The van der Waals surface area contributed by atoms with E-state index in [1.165, 1.54) is 12.8 Å². The van der Waals surface area contributed by atoms with Gasteiger partial charge in [0.2, 0.25) is 5.91 Å². The number of rotatable bonds is 4. The second-order valence-electron chi connectivity index (χ2n) is 3.83. The van der Waals surface area contributed by atoms with Crippen LogP contribution in [0.25, 0.3) is 0 Å². The van der Waals surface area contributed by atoms with E-state index in [-0.39, 0.29) is 5.91 Å². The Morgan fingerprint density at radius 1 is 1.62 bits per heavy atom. The highest BCUT2D eigenvalue weighted by atomic mass is 16.1. The second-order valence-corrected chi connectivity index (χ2v) is 3.83. The first-order valence-electron chi connectivity index (χ1n) is 4.79. The van der Waals surface area contributed by atoms with Crippen LogP contribution in [0.1, 0.15) is 33.1 Å². The molecule has 0 aliphatic heterocycles. The molecule has 1 fully saturated rings. The van der Waals surface area contributed by atoms with Gasteiger partial charge < -0.3 is 11.1 Å². The van der Waals surface area contributed by atoms with E-state index < -0.39 is 0 Å². The molecule has 1 saturated carbocycles. The van der Waals surface area contributed by atoms with Gasteiger partial charge in [-0.25, -0.2) is 0 Å². The smallest absolute Gasteiger partial charge is 0.217 e. The van der Waals surface area contributed by atoms with Crippen molar-refractivity contribution in [3.63, 3.8) is 0 Å². The molecule has 1 atom stereocenters. The van der Waals surface area contributed by atoms with Crippen molar-refractivity contribution in [2.45, 2.75) is 39.2 Å². The lowest BCUT2D eigenvalue weighted by Crippen LogP contribution is -2.34. The van der Waals surface area contributed by atoms with Crippen LogP contribution >= 0.6 is 0 Å². The first-order chi connectivity index (χ1) is 6.09. The van der Waals surface area contributed by atoms with E-state index in [1.807, 2.05) is 13.0 Å². The molecule has 0 radical (unpaired) electrons. The van der Waals surface area contributed by atoms with E-state index >= 15 is 0 Å². The van der Waals surface area contributed by atoms with Crippen molar-refractivity contribution >= 4 is 5.91 Å². The standard InChI is InChI=1S/C10H18N2O/c1-7(11)3-6-10(9-4-5-9)12-8(2)13/h3,9-10H,4-6,11H2,1-2H3,(H,12,13)/b7-3+. The van der Waals surface area contributed by atoms with Crippen molar-refractivity contribution in [2.24, 2.45) is 11.7 Å². The topological polar surface area (TPSA) is 55.1 Å². The molecule has 0 aromatic rings. The summed E-state index contributed by atoms with van der Waals surface area (Å²) in [7, 11) is 0. The summed E-state index contributed by atoms with van der Waals surface area (Å²) in [4.78, 5) is 10.9. The minimum atomic E-state index is 0.0555. The molecule has 0 spiro atoms. The molecule has 0 heterocycles. The van der Waals surface area contributed by atoms with Crippen molar-refractivity contribution < 1.29 is 4.79 Å². The zero-order valence-electron chi connectivity index (χ0n) is 8.34. The Kier molecular flexibility index (Phi) is 3.34. The normalized spacial score (nSPS) is 19.7. The first-order valence-corrected chi connectivity index (χ1v) is 4.79. The van der Waals surface area contributed by atoms with Crippen molar-refractivity contribution in [1.29, 1.82) is 0 Å². The minimum Gasteiger partial charge on any atom is -0.403 e. The van der Waals surface area contributed by atoms with Crippen LogP contribution in [-0.2, 0) is 4.79 Å². The highest BCUT2D eigenvalue weighted by molar-refractivity contribution is 5.73. The minimum absolute atomic E-state index is 0.0555. The van der Waals surface area contributed by atoms with Gasteiger partial charge in [-0.2, -0.15) is 0 Å². The fourth-order valence-electron chi connectivity index (χ4n) is 1.44. The molecule has 1 rings (SSSR count). The molecule has 0 bridgehead atoms. The Bertz CT molecular complexity index is 215. The van der Waals surface area contributed by atoms with Crippen LogP contribution in [0.3, 0.4) is 0 Å². The number of amides is 1. The lowest BCUT2D eigenvalue weighted by atomic mass is 10.1. The van der Waals surface area contributed by atoms with Gasteiger partial charge in [-0.15, -0.1) is 0 Å². The monoisotopic (exact) mass is 182 g/mol. The van der Waals surface area contributed by atoms with E-state index in [9.17, 15) is 4.79 Å². The fourth-order valence-corrected chi connectivity index (χ4v) is 1.44. The van der Waals surface area contributed by atoms with Crippen LogP contribution in [0, 0.1) is 5.92 Å². The van der Waals surface area contributed by atoms with Gasteiger partial charge in [0.25, 0.3) is 0 Å². The number of nitrogens with two attached hydrogens (primary N) is 1. The van der Waals surface area contributed by atoms with E-state index in [2.05, 4.69) is 5.32 Å². The molecular weight excluding hydrogens is 164 g/mol. The van der Waals surface area contributed by atoms with Crippen molar-refractivity contribution in [3.8, 4) is 0 Å². The second kappa shape index (κ2) is 4.30. The molecule has 3 nitrogen and oxygen atoms in total. The zero-order chi connectivity index (χ0) is 9.84. The summed E-state index contributed by atoms with van der Waals surface area (Å²) in [6.45, 7) is 3.44. The molecule has 1 amide bonds. The van der Waals surface area contributed by atoms with E-state index in [0.29, 0.717) is 12.0 Å². The largest absolute Gasteiger partial charge is 0.403 e. The molecule has 3 N–H and O–H groups in total. The number of hydrogen-bond donors (Lipinski definition) is 2. The SMILES string of the molecule is CC(=O)NC(C/C=C(\C)N)C1CC1. The van der Waals surface area contributed by atoms with Crippen molar-refractivity contribution in [2.75, 3.05) is 0 Å². The molecule has 13 heavy (non-hydrogen) atoms. The average Bonchev–Trinajstić information content (AvgIpc) is 2.78. The molecule has 3 heteroatoms. The highest BCUT2D eigenvalue weighted by Gasteiger charge is 2.30. The molecule has 1 aliphatic rings. The Hall–Kier alpha value is -0.990. The van der Waals surface area contributed by atoms with Gasteiger partial charge in [-0.3, -0.25) is 4.79 Å². The lowest BCUT2D eigenvalue weighted by molar-refractivity contribution is -0.119. The van der Waals surface area contributed by atoms with Crippen molar-refractivity contribution in [3.05, 3.63) is 11.8 Å². The van der Waals surface area contributed by atoms with Crippen LogP contribution in [0.4, 0.5) is 0 Å². The third-order valence-corrected chi connectivity index (χ3v) is 2.27. The summed E-state index contributed by atoms with van der Waals surface area (Å²) in [6.07, 6.45) is 5.33. The lowest BCUT2D eigenvalue weighted by Gasteiger charge is -2.14. The summed E-state index contributed by atoms with van der Waals surface area (Å²) in [6, 6.07) is 0.302. The number of allylic oxidation sites excluding steroid dienone is 1. The Morgan fingerprint density at radius 3 is 2.62 bits per heavy atom. The van der Waals surface area contributed by atoms with Crippen LogP contribution in [0.15, 0.2) is 11.8 Å². The van der Waals surface area contributed by atoms with Gasteiger partial charge >= 0.3 is 0 Å². The third kappa shape index (κ3) is 3.97. The summed E-state index contributed by atoms with van der Waals surface area (Å²) < 4.78 is 0. The third-order valence-electron chi connectivity index (χ3n) is 2.27. The first kappa shape index (κ1) is 10.1. The molecule has 0 aromatic carbocycles. The van der Waals surface area contributed by atoms with Crippen LogP contribution in [-0.4, -0.2) is 11.9 Å². The average molecular weight is 182 g/mol. The van der Waals surface area contributed by atoms with Gasteiger partial charge in [0.1, 0.15) is 0 Å². The molecular formula is C10H18N2O. The highest BCUT2D eigenvalue weighted by Crippen LogP contribution is 2.34. The number of nitrogens with one attached hydrogen (secondary N) is 1. The summed E-state index contributed by atoms with van der Waals surface area (Å²) >= 11 is 0. The molecule has 0 saturated heterocycles. The Balaban J connectivity index is 2.38. The maximum atomic E-state index is 10.9. The van der Waals surface area contributed by atoms with Gasteiger partial charge in [-0.05, 0) is 32.1 Å². The predicted octanol–water partition coefficient (Wildman–Crippen LogP) is 1.15. The van der Waals surface area contributed by atoms with Crippen LogP contribution < -0.4 is 11.1 Å². The quantitative estimate of drug-likeness (QED) is 0.685. The number of carbonyl (C=O) groups excluding carboxylic acids is 1. The Labute approximate surface area is 79.4 Å². The van der Waals surface area contributed by atoms with Crippen LogP contribution in [0.2, 0.25) is 0 Å². The van der Waals surface area contributed by atoms with Gasteiger partial charge in [0.05, 0.1) is 0 Å². The van der Waals surface area contributed by atoms with E-state index in [4.69, 9.17) is 5.73 Å².